The number of anilines is 1. The number of oxime groups is 1. The molecule has 2 N–H and O–H groups in total. The number of rotatable bonds is 8. The first-order chi connectivity index (χ1) is 10.8. The molecule has 0 bridgehead atoms. The lowest BCUT2D eigenvalue weighted by Gasteiger charge is -2.22. The quantitative estimate of drug-likeness (QED) is 0.325. The maximum absolute atomic E-state index is 11.8. The van der Waals surface area contributed by atoms with Crippen molar-refractivity contribution >= 4 is 34.2 Å². The molecule has 9 heteroatoms. The van der Waals surface area contributed by atoms with Crippen molar-refractivity contribution < 1.29 is 24.3 Å². The topological polar surface area (TPSA) is 110 Å². The van der Waals surface area contributed by atoms with E-state index in [9.17, 15) is 9.59 Å². The summed E-state index contributed by atoms with van der Waals surface area (Å²) in [4.78, 5) is 31.7. The SMILES string of the molecule is C=CCO/N=C(\C(=O)O)c1csc(NC(=O)OC(C)(C)CC)n1. The molecule has 0 aliphatic rings. The van der Waals surface area contributed by atoms with Crippen LogP contribution in [0.5, 0.6) is 0 Å². The molecule has 0 fully saturated rings. The van der Waals surface area contributed by atoms with Crippen LogP contribution in [0.4, 0.5) is 9.93 Å². The van der Waals surface area contributed by atoms with Gasteiger partial charge in [-0.2, -0.15) is 0 Å². The molecule has 23 heavy (non-hydrogen) atoms. The number of nitrogens with one attached hydrogen (secondary N) is 1. The maximum atomic E-state index is 11.8. The van der Waals surface area contributed by atoms with Crippen molar-refractivity contribution in [3.05, 3.63) is 23.7 Å². The van der Waals surface area contributed by atoms with Crippen molar-refractivity contribution in [1.82, 2.24) is 4.98 Å². The Morgan fingerprint density at radius 1 is 1.57 bits per heavy atom. The zero-order valence-electron chi connectivity index (χ0n) is 13.2. The lowest BCUT2D eigenvalue weighted by Crippen LogP contribution is -2.29. The zero-order chi connectivity index (χ0) is 17.5. The van der Waals surface area contributed by atoms with Gasteiger partial charge in [0, 0.05) is 5.38 Å². The number of carboxylic acid groups (broad SMARTS) is 1. The highest BCUT2D eigenvalue weighted by atomic mass is 32.1. The molecule has 8 nitrogen and oxygen atoms in total. The lowest BCUT2D eigenvalue weighted by atomic mass is 10.1. The Morgan fingerprint density at radius 2 is 2.26 bits per heavy atom. The molecule has 0 saturated carbocycles. The van der Waals surface area contributed by atoms with E-state index in [1.165, 1.54) is 11.5 Å². The van der Waals surface area contributed by atoms with Gasteiger partial charge >= 0.3 is 12.1 Å². The lowest BCUT2D eigenvalue weighted by molar-refractivity contribution is -0.129. The predicted molar refractivity (Wildman–Crippen MR) is 86.9 cm³/mol. The molecule has 0 atom stereocenters. The zero-order valence-corrected chi connectivity index (χ0v) is 14.0. The monoisotopic (exact) mass is 341 g/mol. The Balaban J connectivity index is 2.79. The van der Waals surface area contributed by atoms with Crippen molar-refractivity contribution in [3.63, 3.8) is 0 Å². The van der Waals surface area contributed by atoms with Crippen LogP contribution in [0.15, 0.2) is 23.2 Å². The average molecular weight is 341 g/mol. The van der Waals surface area contributed by atoms with Gasteiger partial charge in [0.05, 0.1) is 0 Å². The predicted octanol–water partition coefficient (Wildman–Crippen LogP) is 2.87. The number of carboxylic acids is 1. The van der Waals surface area contributed by atoms with Crippen LogP contribution < -0.4 is 5.32 Å². The molecule has 0 aromatic carbocycles. The first-order valence-electron chi connectivity index (χ1n) is 6.79. The summed E-state index contributed by atoms with van der Waals surface area (Å²) in [5.74, 6) is -1.29. The van der Waals surface area contributed by atoms with E-state index in [1.54, 1.807) is 13.8 Å². The van der Waals surface area contributed by atoms with E-state index in [0.717, 1.165) is 11.3 Å². The van der Waals surface area contributed by atoms with E-state index >= 15 is 0 Å². The molecule has 1 aromatic heterocycles. The fourth-order valence-corrected chi connectivity index (χ4v) is 1.91. The number of amides is 1. The number of carbonyl (C=O) groups excluding carboxylic acids is 1. The van der Waals surface area contributed by atoms with E-state index in [2.05, 4.69) is 22.0 Å². The number of aromatic nitrogens is 1. The van der Waals surface area contributed by atoms with Crippen LogP contribution in [0.25, 0.3) is 0 Å². The molecule has 1 aromatic rings. The smallest absolute Gasteiger partial charge is 0.413 e. The summed E-state index contributed by atoms with van der Waals surface area (Å²) < 4.78 is 5.22. The fraction of sp³-hybridized carbons (Fsp3) is 0.429. The van der Waals surface area contributed by atoms with E-state index in [1.807, 2.05) is 6.92 Å². The van der Waals surface area contributed by atoms with Crippen molar-refractivity contribution in [3.8, 4) is 0 Å². The summed E-state index contributed by atoms with van der Waals surface area (Å²) in [6.45, 7) is 8.97. The van der Waals surface area contributed by atoms with Gasteiger partial charge in [-0.1, -0.05) is 24.7 Å². The molecular formula is C14H19N3O5S. The molecule has 0 radical (unpaired) electrons. The number of hydrogen-bond donors (Lipinski definition) is 2. The van der Waals surface area contributed by atoms with Gasteiger partial charge in [-0.3, -0.25) is 5.32 Å². The largest absolute Gasteiger partial charge is 0.476 e. The molecule has 0 saturated heterocycles. The van der Waals surface area contributed by atoms with Gasteiger partial charge in [0.25, 0.3) is 0 Å². The van der Waals surface area contributed by atoms with Gasteiger partial charge in [-0.25, -0.2) is 14.6 Å². The fourth-order valence-electron chi connectivity index (χ4n) is 1.23. The minimum Gasteiger partial charge on any atom is -0.476 e. The number of thiazole rings is 1. The first kappa shape index (κ1) is 18.6. The number of hydrogen-bond acceptors (Lipinski definition) is 7. The van der Waals surface area contributed by atoms with Crippen LogP contribution >= 0.6 is 11.3 Å². The highest BCUT2D eigenvalue weighted by Crippen LogP contribution is 2.19. The molecule has 0 unspecified atom stereocenters. The number of nitrogens with zero attached hydrogens (tertiary/aromatic N) is 2. The summed E-state index contributed by atoms with van der Waals surface area (Å²) in [5.41, 5.74) is -0.883. The highest BCUT2D eigenvalue weighted by Gasteiger charge is 2.22. The van der Waals surface area contributed by atoms with Crippen LogP contribution in [0.3, 0.4) is 0 Å². The average Bonchev–Trinajstić information content (AvgIpc) is 2.90. The maximum Gasteiger partial charge on any atom is 0.413 e. The summed E-state index contributed by atoms with van der Waals surface area (Å²) in [6, 6.07) is 0. The standard InChI is InChI=1S/C14H19N3O5S/c1-5-7-21-17-10(11(18)19)9-8-23-12(15-9)16-13(20)22-14(3,4)6-2/h5,8H,1,6-7H2,2-4H3,(H,18,19)(H,15,16,20)/b17-10-. The van der Waals surface area contributed by atoms with E-state index in [0.29, 0.717) is 6.42 Å². The third-order valence-electron chi connectivity index (χ3n) is 2.73. The second kappa shape index (κ2) is 8.28. The van der Waals surface area contributed by atoms with Crippen LogP contribution in [-0.2, 0) is 14.4 Å². The highest BCUT2D eigenvalue weighted by molar-refractivity contribution is 7.14. The summed E-state index contributed by atoms with van der Waals surface area (Å²) >= 11 is 1.05. The Labute approximate surface area is 137 Å². The van der Waals surface area contributed by atoms with Gasteiger partial charge in [-0.15, -0.1) is 11.3 Å². The Kier molecular flexibility index (Phi) is 6.70. The Bertz CT molecular complexity index is 609. The molecule has 1 amide bonds. The van der Waals surface area contributed by atoms with Crippen molar-refractivity contribution in [2.75, 3.05) is 11.9 Å². The van der Waals surface area contributed by atoms with Crippen LogP contribution in [0.1, 0.15) is 32.9 Å². The molecule has 1 rings (SSSR count). The van der Waals surface area contributed by atoms with Gasteiger partial charge in [0.2, 0.25) is 5.71 Å². The van der Waals surface area contributed by atoms with Crippen molar-refractivity contribution in [2.24, 2.45) is 5.16 Å². The van der Waals surface area contributed by atoms with Gasteiger partial charge in [-0.05, 0) is 20.3 Å². The Hall–Kier alpha value is -2.42. The van der Waals surface area contributed by atoms with Crippen molar-refractivity contribution in [2.45, 2.75) is 32.8 Å². The summed E-state index contributed by atoms with van der Waals surface area (Å²) in [5, 5.41) is 16.7. The number of carbonyl (C=O) groups is 2. The van der Waals surface area contributed by atoms with Crippen LogP contribution in [0, 0.1) is 0 Å². The third-order valence-corrected chi connectivity index (χ3v) is 3.48. The second-order valence-corrected chi connectivity index (χ2v) is 5.85. The molecule has 0 aliphatic heterocycles. The minimum absolute atomic E-state index is 0.0739. The third kappa shape index (κ3) is 6.07. The Morgan fingerprint density at radius 3 is 2.83 bits per heavy atom. The molecule has 0 spiro atoms. The van der Waals surface area contributed by atoms with Crippen LogP contribution in [-0.4, -0.2) is 40.1 Å². The summed E-state index contributed by atoms with van der Waals surface area (Å²) in [6.07, 6.45) is 1.43. The van der Waals surface area contributed by atoms with E-state index in [4.69, 9.17) is 14.7 Å². The second-order valence-electron chi connectivity index (χ2n) is 5.00. The normalized spacial score (nSPS) is 11.7. The summed E-state index contributed by atoms with van der Waals surface area (Å²) in [7, 11) is 0. The van der Waals surface area contributed by atoms with Gasteiger partial charge in [0.15, 0.2) is 5.13 Å². The number of ether oxygens (including phenoxy) is 1. The van der Waals surface area contributed by atoms with Crippen molar-refractivity contribution in [1.29, 1.82) is 0 Å². The van der Waals surface area contributed by atoms with E-state index in [-0.39, 0.29) is 23.1 Å². The van der Waals surface area contributed by atoms with Crippen LogP contribution in [0.2, 0.25) is 0 Å². The molecular weight excluding hydrogens is 322 g/mol. The van der Waals surface area contributed by atoms with E-state index < -0.39 is 17.7 Å². The van der Waals surface area contributed by atoms with Gasteiger partial charge in [0.1, 0.15) is 17.9 Å². The molecule has 1 heterocycles. The first-order valence-corrected chi connectivity index (χ1v) is 7.67. The molecule has 0 aliphatic carbocycles. The van der Waals surface area contributed by atoms with Gasteiger partial charge < -0.3 is 14.7 Å². The number of aliphatic carboxylic acids is 1. The minimum atomic E-state index is -1.29. The molecule has 126 valence electrons.